The highest BCUT2D eigenvalue weighted by Gasteiger charge is 2.23. The van der Waals surface area contributed by atoms with Crippen molar-refractivity contribution < 1.29 is 4.79 Å². The van der Waals surface area contributed by atoms with Gasteiger partial charge in [-0.15, -0.1) is 0 Å². The zero-order chi connectivity index (χ0) is 12.4. The number of benzene rings is 1. The number of nitrogen functional groups attached to an aromatic ring is 1. The maximum Gasteiger partial charge on any atom is 0.255 e. The summed E-state index contributed by atoms with van der Waals surface area (Å²) in [5.41, 5.74) is 12.5. The first-order valence-corrected chi connectivity index (χ1v) is 6.05. The second-order valence-corrected chi connectivity index (χ2v) is 4.78. The van der Waals surface area contributed by atoms with Gasteiger partial charge in [-0.2, -0.15) is 0 Å². The van der Waals surface area contributed by atoms with Crippen LogP contribution in [0.2, 0.25) is 5.02 Å². The second kappa shape index (κ2) is 4.94. The van der Waals surface area contributed by atoms with Gasteiger partial charge in [0.1, 0.15) is 0 Å². The van der Waals surface area contributed by atoms with Gasteiger partial charge in [0.25, 0.3) is 5.91 Å². The van der Waals surface area contributed by atoms with Gasteiger partial charge in [-0.25, -0.2) is 0 Å². The summed E-state index contributed by atoms with van der Waals surface area (Å²) in [7, 11) is 0. The number of piperidine rings is 1. The molecule has 0 bridgehead atoms. The first kappa shape index (κ1) is 12.2. The topological polar surface area (TPSA) is 72.4 Å². The highest BCUT2D eigenvalue weighted by atomic mass is 35.5. The normalized spacial score (nSPS) is 17.2. The fraction of sp³-hybridized carbons (Fsp3) is 0.417. The lowest BCUT2D eigenvalue weighted by Crippen LogP contribution is -2.42. The molecule has 0 unspecified atom stereocenters. The van der Waals surface area contributed by atoms with Crippen molar-refractivity contribution >= 4 is 23.2 Å². The van der Waals surface area contributed by atoms with Crippen LogP contribution in [0.5, 0.6) is 0 Å². The standard InChI is InChI=1S/C12H16ClN3O/c13-11-2-1-9(15)7-10(11)12(17)16-5-3-8(14)4-6-16/h1-2,7-8H,3-6,14-15H2. The fourth-order valence-electron chi connectivity index (χ4n) is 1.98. The zero-order valence-corrected chi connectivity index (χ0v) is 10.3. The molecule has 1 aromatic carbocycles. The van der Waals surface area contributed by atoms with Crippen LogP contribution in [0.15, 0.2) is 18.2 Å². The third-order valence-electron chi connectivity index (χ3n) is 3.05. The van der Waals surface area contributed by atoms with Crippen molar-refractivity contribution in [3.63, 3.8) is 0 Å². The third kappa shape index (κ3) is 2.70. The minimum absolute atomic E-state index is 0.0609. The molecule has 1 saturated heterocycles. The number of rotatable bonds is 1. The van der Waals surface area contributed by atoms with Crippen molar-refractivity contribution in [2.45, 2.75) is 18.9 Å². The predicted octanol–water partition coefficient (Wildman–Crippen LogP) is 1.49. The Morgan fingerprint density at radius 2 is 2.00 bits per heavy atom. The largest absolute Gasteiger partial charge is 0.399 e. The molecule has 0 saturated carbocycles. The molecule has 0 radical (unpaired) electrons. The summed E-state index contributed by atoms with van der Waals surface area (Å²) >= 11 is 6.01. The summed E-state index contributed by atoms with van der Waals surface area (Å²) in [6.07, 6.45) is 1.68. The van der Waals surface area contributed by atoms with Crippen molar-refractivity contribution in [2.24, 2.45) is 5.73 Å². The van der Waals surface area contributed by atoms with E-state index in [0.717, 1.165) is 12.8 Å². The molecule has 1 aliphatic rings. The molecule has 1 heterocycles. The average molecular weight is 254 g/mol. The molecule has 0 aliphatic carbocycles. The maximum absolute atomic E-state index is 12.2. The predicted molar refractivity (Wildman–Crippen MR) is 69.0 cm³/mol. The Morgan fingerprint density at radius 3 is 2.65 bits per heavy atom. The molecule has 0 aromatic heterocycles. The smallest absolute Gasteiger partial charge is 0.255 e. The van der Waals surface area contributed by atoms with Crippen molar-refractivity contribution in [3.05, 3.63) is 28.8 Å². The van der Waals surface area contributed by atoms with Gasteiger partial charge in [-0.1, -0.05) is 11.6 Å². The molecule has 1 aromatic rings. The summed E-state index contributed by atoms with van der Waals surface area (Å²) in [5.74, 6) is -0.0609. The monoisotopic (exact) mass is 253 g/mol. The van der Waals surface area contributed by atoms with E-state index in [1.165, 1.54) is 0 Å². The van der Waals surface area contributed by atoms with E-state index in [9.17, 15) is 4.79 Å². The van der Waals surface area contributed by atoms with Crippen LogP contribution in [0.3, 0.4) is 0 Å². The molecule has 1 fully saturated rings. The van der Waals surface area contributed by atoms with E-state index >= 15 is 0 Å². The second-order valence-electron chi connectivity index (χ2n) is 4.37. The molecule has 0 spiro atoms. The Hall–Kier alpha value is -1.26. The molecular formula is C12H16ClN3O. The van der Waals surface area contributed by atoms with Gasteiger partial charge < -0.3 is 16.4 Å². The first-order chi connectivity index (χ1) is 8.08. The molecule has 4 N–H and O–H groups in total. The Kier molecular flexibility index (Phi) is 3.54. The Balaban J connectivity index is 2.16. The third-order valence-corrected chi connectivity index (χ3v) is 3.38. The lowest BCUT2D eigenvalue weighted by Gasteiger charge is -2.30. The van der Waals surface area contributed by atoms with Gasteiger partial charge in [0.05, 0.1) is 10.6 Å². The summed E-state index contributed by atoms with van der Waals surface area (Å²) in [6, 6.07) is 5.17. The van der Waals surface area contributed by atoms with Crippen LogP contribution in [0, 0.1) is 0 Å². The number of hydrogen-bond donors (Lipinski definition) is 2. The van der Waals surface area contributed by atoms with E-state index < -0.39 is 0 Å². The van der Waals surface area contributed by atoms with Crippen LogP contribution in [0.25, 0.3) is 0 Å². The minimum atomic E-state index is -0.0609. The van der Waals surface area contributed by atoms with E-state index in [-0.39, 0.29) is 11.9 Å². The van der Waals surface area contributed by atoms with Crippen molar-refractivity contribution in [2.75, 3.05) is 18.8 Å². The minimum Gasteiger partial charge on any atom is -0.399 e. The fourth-order valence-corrected chi connectivity index (χ4v) is 2.18. The summed E-state index contributed by atoms with van der Waals surface area (Å²) < 4.78 is 0. The van der Waals surface area contributed by atoms with Crippen LogP contribution >= 0.6 is 11.6 Å². The lowest BCUT2D eigenvalue weighted by molar-refractivity contribution is 0.0715. The number of nitrogens with two attached hydrogens (primary N) is 2. The van der Waals surface area contributed by atoms with Gasteiger partial charge in [-0.05, 0) is 31.0 Å². The zero-order valence-electron chi connectivity index (χ0n) is 9.53. The summed E-state index contributed by atoms with van der Waals surface area (Å²) in [6.45, 7) is 1.37. The van der Waals surface area contributed by atoms with E-state index in [4.69, 9.17) is 23.1 Å². The number of carbonyl (C=O) groups excluding carboxylic acids is 1. The van der Waals surface area contributed by atoms with E-state index in [1.807, 2.05) is 0 Å². The Morgan fingerprint density at radius 1 is 1.35 bits per heavy atom. The number of anilines is 1. The van der Waals surface area contributed by atoms with Gasteiger partial charge >= 0.3 is 0 Å². The molecular weight excluding hydrogens is 238 g/mol. The summed E-state index contributed by atoms with van der Waals surface area (Å²) in [4.78, 5) is 14.0. The molecule has 4 nitrogen and oxygen atoms in total. The van der Waals surface area contributed by atoms with Crippen LogP contribution in [-0.4, -0.2) is 29.9 Å². The van der Waals surface area contributed by atoms with Gasteiger partial charge in [0.2, 0.25) is 0 Å². The number of carbonyl (C=O) groups is 1. The number of halogens is 1. The molecule has 2 rings (SSSR count). The molecule has 1 aliphatic heterocycles. The van der Waals surface area contributed by atoms with Gasteiger partial charge in [0, 0.05) is 24.8 Å². The van der Waals surface area contributed by atoms with Gasteiger partial charge in [-0.3, -0.25) is 4.79 Å². The molecule has 1 amide bonds. The van der Waals surface area contributed by atoms with E-state index in [2.05, 4.69) is 0 Å². The quantitative estimate of drug-likeness (QED) is 0.745. The SMILES string of the molecule is Nc1ccc(Cl)c(C(=O)N2CCC(N)CC2)c1. The van der Waals surface area contributed by atoms with Crippen molar-refractivity contribution in [3.8, 4) is 0 Å². The van der Waals surface area contributed by atoms with Crippen LogP contribution in [0.1, 0.15) is 23.2 Å². The van der Waals surface area contributed by atoms with Crippen LogP contribution in [0.4, 0.5) is 5.69 Å². The highest BCUT2D eigenvalue weighted by Crippen LogP contribution is 2.22. The molecule has 0 atom stereocenters. The van der Waals surface area contributed by atoms with Crippen LogP contribution in [-0.2, 0) is 0 Å². The highest BCUT2D eigenvalue weighted by molar-refractivity contribution is 6.34. The number of hydrogen-bond acceptors (Lipinski definition) is 3. The van der Waals surface area contributed by atoms with E-state index in [1.54, 1.807) is 23.1 Å². The maximum atomic E-state index is 12.2. The average Bonchev–Trinajstić information content (AvgIpc) is 2.32. The van der Waals surface area contributed by atoms with E-state index in [0.29, 0.717) is 29.4 Å². The number of amides is 1. The van der Waals surface area contributed by atoms with Crippen molar-refractivity contribution in [1.29, 1.82) is 0 Å². The molecule has 92 valence electrons. The molecule has 5 heteroatoms. The Labute approximate surface area is 106 Å². The number of nitrogens with zero attached hydrogens (tertiary/aromatic N) is 1. The van der Waals surface area contributed by atoms with Crippen LogP contribution < -0.4 is 11.5 Å². The number of likely N-dealkylation sites (tertiary alicyclic amines) is 1. The summed E-state index contributed by atoms with van der Waals surface area (Å²) in [5, 5.41) is 0.444. The molecule has 17 heavy (non-hydrogen) atoms. The Bertz CT molecular complexity index is 428. The van der Waals surface area contributed by atoms with Crippen molar-refractivity contribution in [1.82, 2.24) is 4.90 Å². The first-order valence-electron chi connectivity index (χ1n) is 5.68. The lowest BCUT2D eigenvalue weighted by atomic mass is 10.0. The van der Waals surface area contributed by atoms with Gasteiger partial charge in [0.15, 0.2) is 0 Å².